The summed E-state index contributed by atoms with van der Waals surface area (Å²) >= 11 is 1.82. The first-order valence-corrected chi connectivity index (χ1v) is 11.5. The highest BCUT2D eigenvalue weighted by Crippen LogP contribution is 2.39. The second kappa shape index (κ2) is 7.81. The monoisotopic (exact) mass is 430 g/mol. The Morgan fingerprint density at radius 1 is 1.00 bits per heavy atom. The summed E-state index contributed by atoms with van der Waals surface area (Å²) in [5, 5.41) is 4.81. The molecule has 31 heavy (non-hydrogen) atoms. The van der Waals surface area contributed by atoms with Gasteiger partial charge >= 0.3 is 0 Å². The van der Waals surface area contributed by atoms with Gasteiger partial charge in [-0.1, -0.05) is 12.1 Å². The molecule has 156 valence electrons. The molecular formula is C24H22N4O2S. The van der Waals surface area contributed by atoms with Crippen LogP contribution in [0.4, 0.5) is 5.82 Å². The molecule has 1 aliphatic carbocycles. The van der Waals surface area contributed by atoms with Crippen molar-refractivity contribution in [3.63, 3.8) is 0 Å². The van der Waals surface area contributed by atoms with Crippen LogP contribution < -0.4 is 14.8 Å². The van der Waals surface area contributed by atoms with Crippen LogP contribution in [0.1, 0.15) is 28.8 Å². The second-order valence-electron chi connectivity index (χ2n) is 7.87. The highest BCUT2D eigenvalue weighted by Gasteiger charge is 2.22. The molecule has 0 amide bonds. The third-order valence-corrected chi connectivity index (χ3v) is 7.04. The lowest BCUT2D eigenvalue weighted by atomic mass is 9.97. The van der Waals surface area contributed by atoms with Crippen LogP contribution in [0, 0.1) is 0 Å². The second-order valence-corrected chi connectivity index (χ2v) is 8.95. The van der Waals surface area contributed by atoms with Gasteiger partial charge in [0.1, 0.15) is 16.3 Å². The molecule has 1 aliphatic heterocycles. The molecule has 1 N–H and O–H groups in total. The number of nitrogens with zero attached hydrogens (tertiary/aromatic N) is 3. The summed E-state index contributed by atoms with van der Waals surface area (Å²) in [5.74, 6) is 3.24. The van der Waals surface area contributed by atoms with Gasteiger partial charge in [-0.2, -0.15) is 0 Å². The van der Waals surface area contributed by atoms with Crippen molar-refractivity contribution in [3.8, 4) is 23.0 Å². The van der Waals surface area contributed by atoms with E-state index in [-0.39, 0.29) is 0 Å². The van der Waals surface area contributed by atoms with Crippen LogP contribution in [0.5, 0.6) is 11.5 Å². The zero-order valence-corrected chi connectivity index (χ0v) is 17.9. The molecule has 2 aliphatic rings. The number of ether oxygens (including phenoxy) is 2. The van der Waals surface area contributed by atoms with E-state index in [1.807, 2.05) is 35.6 Å². The van der Waals surface area contributed by atoms with Gasteiger partial charge in [-0.3, -0.25) is 4.98 Å². The van der Waals surface area contributed by atoms with E-state index in [4.69, 9.17) is 19.4 Å². The van der Waals surface area contributed by atoms with Crippen molar-refractivity contribution >= 4 is 27.4 Å². The number of nitrogens with one attached hydrogen (secondary N) is 1. The zero-order chi connectivity index (χ0) is 20.6. The van der Waals surface area contributed by atoms with Crippen molar-refractivity contribution in [1.29, 1.82) is 0 Å². The van der Waals surface area contributed by atoms with E-state index in [0.29, 0.717) is 12.6 Å². The van der Waals surface area contributed by atoms with E-state index in [1.165, 1.54) is 34.2 Å². The fourth-order valence-corrected chi connectivity index (χ4v) is 5.58. The van der Waals surface area contributed by atoms with Gasteiger partial charge in [0.25, 0.3) is 0 Å². The lowest BCUT2D eigenvalue weighted by Crippen LogP contribution is -2.09. The van der Waals surface area contributed by atoms with E-state index >= 15 is 0 Å². The normalized spacial score (nSPS) is 14.6. The van der Waals surface area contributed by atoms with Gasteiger partial charge in [0.15, 0.2) is 17.3 Å². The van der Waals surface area contributed by atoms with Crippen LogP contribution in [0.15, 0.2) is 42.6 Å². The average Bonchev–Trinajstić information content (AvgIpc) is 3.43. The van der Waals surface area contributed by atoms with Gasteiger partial charge in [-0.05, 0) is 67.5 Å². The molecule has 0 radical (unpaired) electrons. The van der Waals surface area contributed by atoms with Gasteiger partial charge in [-0.15, -0.1) is 11.3 Å². The van der Waals surface area contributed by atoms with E-state index in [0.717, 1.165) is 53.6 Å². The van der Waals surface area contributed by atoms with E-state index in [1.54, 1.807) is 6.20 Å². The maximum atomic E-state index is 5.51. The number of aryl methyl sites for hydroxylation is 2. The van der Waals surface area contributed by atoms with Crippen molar-refractivity contribution in [2.45, 2.75) is 32.1 Å². The van der Waals surface area contributed by atoms with Crippen LogP contribution in [0.25, 0.3) is 21.7 Å². The molecule has 0 bridgehead atoms. The van der Waals surface area contributed by atoms with Crippen molar-refractivity contribution in [3.05, 3.63) is 58.6 Å². The standard InChI is InChI=1S/C24H22N4O2S/c1-2-7-20-16(5-1)21-23(26-12-10-15-8-9-18-19(13-15)30-14-29-18)27-22(28-24(21)31-20)17-6-3-4-11-25-17/h3-4,6,8-9,11,13H,1-2,5,7,10,12,14H2,(H,26,27,28). The first-order chi connectivity index (χ1) is 15.3. The Balaban J connectivity index is 1.33. The van der Waals surface area contributed by atoms with Gasteiger partial charge in [0, 0.05) is 17.6 Å². The average molecular weight is 431 g/mol. The minimum Gasteiger partial charge on any atom is -0.454 e. The molecule has 0 unspecified atom stereocenters. The van der Waals surface area contributed by atoms with Crippen LogP contribution in [-0.4, -0.2) is 28.3 Å². The third-order valence-electron chi connectivity index (χ3n) is 5.85. The lowest BCUT2D eigenvalue weighted by molar-refractivity contribution is 0.174. The number of hydrogen-bond donors (Lipinski definition) is 1. The van der Waals surface area contributed by atoms with Gasteiger partial charge in [-0.25, -0.2) is 9.97 Å². The lowest BCUT2D eigenvalue weighted by Gasteiger charge is -2.13. The number of aromatic nitrogens is 3. The Labute approximate surface area is 184 Å². The van der Waals surface area contributed by atoms with Gasteiger partial charge in [0.05, 0.1) is 5.39 Å². The number of anilines is 1. The summed E-state index contributed by atoms with van der Waals surface area (Å²) in [4.78, 5) is 16.8. The topological polar surface area (TPSA) is 69.2 Å². The smallest absolute Gasteiger partial charge is 0.231 e. The van der Waals surface area contributed by atoms with E-state index in [9.17, 15) is 0 Å². The number of pyridine rings is 1. The molecule has 0 atom stereocenters. The number of fused-ring (bicyclic) bond motifs is 4. The van der Waals surface area contributed by atoms with Gasteiger partial charge in [0.2, 0.25) is 6.79 Å². The Bertz CT molecular complexity index is 1260. The Hall–Kier alpha value is -3.19. The predicted molar refractivity (Wildman–Crippen MR) is 122 cm³/mol. The Kier molecular flexibility index (Phi) is 4.68. The summed E-state index contributed by atoms with van der Waals surface area (Å²) in [6, 6.07) is 12.0. The number of thiophene rings is 1. The maximum absolute atomic E-state index is 5.51. The number of rotatable bonds is 5. The summed E-state index contributed by atoms with van der Waals surface area (Å²) in [5.41, 5.74) is 3.44. The van der Waals surface area contributed by atoms with E-state index in [2.05, 4.69) is 22.4 Å². The number of hydrogen-bond acceptors (Lipinski definition) is 7. The highest BCUT2D eigenvalue weighted by atomic mass is 32.1. The molecule has 1 aromatic carbocycles. The molecule has 4 heterocycles. The SMILES string of the molecule is c1ccc(-c2nc(NCCc3ccc4c(c3)OCO4)c3c4c(sc3n2)CCCC4)nc1. The summed E-state index contributed by atoms with van der Waals surface area (Å²) in [7, 11) is 0. The fourth-order valence-electron chi connectivity index (χ4n) is 4.32. The van der Waals surface area contributed by atoms with Crippen molar-refractivity contribution in [2.75, 3.05) is 18.7 Å². The van der Waals surface area contributed by atoms with Crippen LogP contribution in [-0.2, 0) is 19.3 Å². The molecule has 6 nitrogen and oxygen atoms in total. The molecule has 0 fully saturated rings. The number of benzene rings is 1. The molecule has 0 saturated heterocycles. The Morgan fingerprint density at radius 3 is 2.87 bits per heavy atom. The van der Waals surface area contributed by atoms with Crippen molar-refractivity contribution in [2.24, 2.45) is 0 Å². The van der Waals surface area contributed by atoms with Crippen molar-refractivity contribution in [1.82, 2.24) is 15.0 Å². The fraction of sp³-hybridized carbons (Fsp3) is 0.292. The van der Waals surface area contributed by atoms with Crippen LogP contribution in [0.2, 0.25) is 0 Å². The molecule has 0 spiro atoms. The predicted octanol–water partition coefficient (Wildman–Crippen LogP) is 5.02. The van der Waals surface area contributed by atoms with Crippen LogP contribution >= 0.6 is 11.3 Å². The van der Waals surface area contributed by atoms with Crippen LogP contribution in [0.3, 0.4) is 0 Å². The minimum atomic E-state index is 0.301. The zero-order valence-electron chi connectivity index (χ0n) is 17.1. The summed E-state index contributed by atoms with van der Waals surface area (Å²) < 4.78 is 10.9. The molecular weight excluding hydrogens is 408 g/mol. The molecule has 4 aromatic rings. The summed E-state index contributed by atoms with van der Waals surface area (Å²) in [6.45, 7) is 1.08. The molecule has 0 saturated carbocycles. The van der Waals surface area contributed by atoms with Crippen molar-refractivity contribution < 1.29 is 9.47 Å². The van der Waals surface area contributed by atoms with E-state index < -0.39 is 0 Å². The van der Waals surface area contributed by atoms with Gasteiger partial charge < -0.3 is 14.8 Å². The first kappa shape index (κ1) is 18.6. The molecule has 3 aromatic heterocycles. The quantitative estimate of drug-likeness (QED) is 0.480. The third kappa shape index (κ3) is 3.49. The molecule has 6 rings (SSSR count). The first-order valence-electron chi connectivity index (χ1n) is 10.7. The Morgan fingerprint density at radius 2 is 1.94 bits per heavy atom. The molecule has 7 heteroatoms. The highest BCUT2D eigenvalue weighted by molar-refractivity contribution is 7.19. The maximum Gasteiger partial charge on any atom is 0.231 e. The minimum absolute atomic E-state index is 0.301. The summed E-state index contributed by atoms with van der Waals surface area (Å²) in [6.07, 6.45) is 7.40. The largest absolute Gasteiger partial charge is 0.454 e.